The molecule has 5 nitrogen and oxygen atoms in total. The molecule has 0 saturated heterocycles. The Bertz CT molecular complexity index is 467. The molecule has 0 N–H and O–H groups in total. The van der Waals surface area contributed by atoms with Gasteiger partial charge in [0.2, 0.25) is 0 Å². The Kier molecular flexibility index (Phi) is 1.77. The molecule has 0 atom stereocenters. The van der Waals surface area contributed by atoms with Crippen molar-refractivity contribution >= 4 is 12.0 Å². The van der Waals surface area contributed by atoms with E-state index in [2.05, 4.69) is 15.0 Å². The molecule has 5 heteroatoms. The summed E-state index contributed by atoms with van der Waals surface area (Å²) in [5, 5.41) is 0.778. The number of ether oxygens (including phenoxy) is 1. The van der Waals surface area contributed by atoms with Crippen LogP contribution >= 0.6 is 0 Å². The predicted octanol–water partition coefficient (Wildman–Crippen LogP) is -1.18. The highest BCUT2D eigenvalue weighted by atomic mass is 16.5. The zero-order valence-corrected chi connectivity index (χ0v) is 7.02. The van der Waals surface area contributed by atoms with Crippen LogP contribution in [-0.2, 0) is 4.79 Å². The maximum absolute atomic E-state index is 10.9. The fourth-order valence-electron chi connectivity index (χ4n) is 1.06. The van der Waals surface area contributed by atoms with Crippen LogP contribution < -0.4 is 15.4 Å². The highest BCUT2D eigenvalue weighted by Gasteiger charge is 2.04. The normalized spacial score (nSPS) is 14.1. The summed E-state index contributed by atoms with van der Waals surface area (Å²) >= 11 is 0. The summed E-state index contributed by atoms with van der Waals surface area (Å²) in [7, 11) is 1.47. The van der Waals surface area contributed by atoms with Gasteiger partial charge in [0.15, 0.2) is 5.49 Å². The van der Waals surface area contributed by atoms with E-state index >= 15 is 0 Å². The van der Waals surface area contributed by atoms with Crippen molar-refractivity contribution in [3.63, 3.8) is 0 Å². The second kappa shape index (κ2) is 2.93. The zero-order valence-electron chi connectivity index (χ0n) is 7.02. The molecule has 0 spiro atoms. The van der Waals surface area contributed by atoms with Crippen molar-refractivity contribution in [2.45, 2.75) is 6.42 Å². The number of aromatic nitrogens is 2. The molecule has 0 saturated carbocycles. The van der Waals surface area contributed by atoms with Gasteiger partial charge in [-0.1, -0.05) is 6.08 Å². The average Bonchev–Trinajstić information content (AvgIpc) is 2.16. The maximum atomic E-state index is 10.9. The van der Waals surface area contributed by atoms with Crippen LogP contribution in [0.25, 0.3) is 6.08 Å². The lowest BCUT2D eigenvalue weighted by molar-refractivity contribution is -0.117. The molecule has 0 radical (unpaired) electrons. The molecule has 2 heterocycles. The van der Waals surface area contributed by atoms with Crippen LogP contribution in [0.3, 0.4) is 0 Å². The number of methoxy groups -OCH3 is 1. The first kappa shape index (κ1) is 7.85. The zero-order chi connectivity index (χ0) is 9.26. The predicted molar refractivity (Wildman–Crippen MR) is 43.5 cm³/mol. The minimum Gasteiger partial charge on any atom is -0.467 e. The molecule has 1 amide bonds. The van der Waals surface area contributed by atoms with Crippen molar-refractivity contribution in [3.8, 4) is 6.01 Å². The molecule has 1 aliphatic heterocycles. The standard InChI is InChI=1S/C8H7N3O2/c1-13-8-9-4-5-2-3-6(12)10-7(5)11-8/h2,4H,3H2,1H3. The van der Waals surface area contributed by atoms with E-state index in [-0.39, 0.29) is 11.9 Å². The van der Waals surface area contributed by atoms with Gasteiger partial charge in [-0.25, -0.2) is 4.98 Å². The van der Waals surface area contributed by atoms with Crippen molar-refractivity contribution < 1.29 is 9.53 Å². The first-order chi connectivity index (χ1) is 6.29. The number of hydrogen-bond acceptors (Lipinski definition) is 4. The third kappa shape index (κ3) is 1.40. The molecule has 13 heavy (non-hydrogen) atoms. The average molecular weight is 177 g/mol. The highest BCUT2D eigenvalue weighted by molar-refractivity contribution is 5.82. The quantitative estimate of drug-likeness (QED) is 0.541. The van der Waals surface area contributed by atoms with Crippen molar-refractivity contribution in [2.24, 2.45) is 4.99 Å². The van der Waals surface area contributed by atoms with E-state index in [1.165, 1.54) is 7.11 Å². The number of carbonyl (C=O) groups is 1. The van der Waals surface area contributed by atoms with E-state index in [0.717, 1.165) is 5.22 Å². The molecule has 66 valence electrons. The molecule has 0 aliphatic carbocycles. The topological polar surface area (TPSA) is 64.4 Å². The largest absolute Gasteiger partial charge is 0.467 e. The van der Waals surface area contributed by atoms with E-state index in [0.29, 0.717) is 11.9 Å². The van der Waals surface area contributed by atoms with Crippen LogP contribution in [0.15, 0.2) is 11.2 Å². The van der Waals surface area contributed by atoms with E-state index in [4.69, 9.17) is 4.74 Å². The van der Waals surface area contributed by atoms with Gasteiger partial charge in [0, 0.05) is 17.8 Å². The molecule has 1 aromatic heterocycles. The molecule has 0 bridgehead atoms. The van der Waals surface area contributed by atoms with Gasteiger partial charge in [-0.05, 0) is 0 Å². The van der Waals surface area contributed by atoms with Crippen LogP contribution in [0.5, 0.6) is 6.01 Å². The SMILES string of the molecule is COc1ncc2c(n1)=NC(=O)CC=2. The molecule has 0 unspecified atom stereocenters. The van der Waals surface area contributed by atoms with Crippen molar-refractivity contribution in [2.75, 3.05) is 7.11 Å². The molecule has 1 aliphatic rings. The highest BCUT2D eigenvalue weighted by Crippen LogP contribution is 1.93. The Hall–Kier alpha value is -1.78. The van der Waals surface area contributed by atoms with Gasteiger partial charge >= 0.3 is 6.01 Å². The molecule has 0 fully saturated rings. The van der Waals surface area contributed by atoms with Crippen molar-refractivity contribution in [1.82, 2.24) is 9.97 Å². The summed E-state index contributed by atoms with van der Waals surface area (Å²) < 4.78 is 4.81. The number of amides is 1. The van der Waals surface area contributed by atoms with Gasteiger partial charge in [-0.15, -0.1) is 0 Å². The van der Waals surface area contributed by atoms with Gasteiger partial charge in [0.1, 0.15) is 0 Å². The van der Waals surface area contributed by atoms with Crippen LogP contribution in [-0.4, -0.2) is 23.0 Å². The minimum atomic E-state index is -0.187. The summed E-state index contributed by atoms with van der Waals surface area (Å²) in [6.07, 6.45) is 3.67. The van der Waals surface area contributed by atoms with E-state index in [1.807, 2.05) is 0 Å². The van der Waals surface area contributed by atoms with Gasteiger partial charge in [0.05, 0.1) is 7.11 Å². The smallest absolute Gasteiger partial charge is 0.318 e. The number of fused-ring (bicyclic) bond motifs is 1. The number of hydrogen-bond donors (Lipinski definition) is 0. The Labute approximate surface area is 73.8 Å². The van der Waals surface area contributed by atoms with E-state index in [1.54, 1.807) is 12.3 Å². The van der Waals surface area contributed by atoms with Crippen LogP contribution in [0.2, 0.25) is 0 Å². The third-order valence-electron chi connectivity index (χ3n) is 1.68. The first-order valence-electron chi connectivity index (χ1n) is 3.78. The van der Waals surface area contributed by atoms with Crippen LogP contribution in [0, 0.1) is 0 Å². The lowest BCUT2D eigenvalue weighted by Crippen LogP contribution is -2.33. The molecule has 2 rings (SSSR count). The second-order valence-corrected chi connectivity index (χ2v) is 2.55. The Morgan fingerprint density at radius 1 is 1.54 bits per heavy atom. The summed E-state index contributed by atoms with van der Waals surface area (Å²) in [4.78, 5) is 22.5. The Balaban J connectivity index is 2.69. The van der Waals surface area contributed by atoms with Crippen molar-refractivity contribution in [1.29, 1.82) is 0 Å². The second-order valence-electron chi connectivity index (χ2n) is 2.55. The Morgan fingerprint density at radius 3 is 3.15 bits per heavy atom. The number of nitrogens with zero attached hydrogens (tertiary/aromatic N) is 3. The monoisotopic (exact) mass is 177 g/mol. The van der Waals surface area contributed by atoms with Crippen molar-refractivity contribution in [3.05, 3.63) is 16.9 Å². The number of rotatable bonds is 1. The lowest BCUT2D eigenvalue weighted by atomic mass is 10.3. The molecular weight excluding hydrogens is 170 g/mol. The summed E-state index contributed by atoms with van der Waals surface area (Å²) in [5.41, 5.74) is 0.392. The fourth-order valence-corrected chi connectivity index (χ4v) is 1.06. The van der Waals surface area contributed by atoms with Gasteiger partial charge in [-0.3, -0.25) is 4.79 Å². The van der Waals surface area contributed by atoms with Crippen LogP contribution in [0.4, 0.5) is 0 Å². The van der Waals surface area contributed by atoms with E-state index < -0.39 is 0 Å². The summed E-state index contributed by atoms with van der Waals surface area (Å²) in [6, 6.07) is 0.227. The number of carbonyl (C=O) groups excluding carboxylic acids is 1. The van der Waals surface area contributed by atoms with Gasteiger partial charge in [-0.2, -0.15) is 9.98 Å². The minimum absolute atomic E-state index is 0.187. The molecular formula is C8H7N3O2. The first-order valence-corrected chi connectivity index (χ1v) is 3.78. The van der Waals surface area contributed by atoms with Gasteiger partial charge < -0.3 is 4.74 Å². The molecule has 1 aromatic rings. The lowest BCUT2D eigenvalue weighted by Gasteiger charge is -1.99. The van der Waals surface area contributed by atoms with Gasteiger partial charge in [0.25, 0.3) is 5.91 Å². The molecule has 0 aromatic carbocycles. The van der Waals surface area contributed by atoms with Crippen LogP contribution in [0.1, 0.15) is 6.42 Å². The maximum Gasteiger partial charge on any atom is 0.318 e. The van der Waals surface area contributed by atoms with E-state index in [9.17, 15) is 4.79 Å². The summed E-state index contributed by atoms with van der Waals surface area (Å²) in [5.74, 6) is -0.187. The fraction of sp³-hybridized carbons (Fsp3) is 0.250. The Morgan fingerprint density at radius 2 is 2.38 bits per heavy atom. The third-order valence-corrected chi connectivity index (χ3v) is 1.68. The summed E-state index contributed by atoms with van der Waals surface area (Å²) in [6.45, 7) is 0.